The number of nitrogens with zero attached hydrogens (tertiary/aromatic N) is 1. The molecule has 0 spiro atoms. The second-order valence-corrected chi connectivity index (χ2v) is 7.46. The van der Waals surface area contributed by atoms with E-state index in [1.807, 2.05) is 13.8 Å². The van der Waals surface area contributed by atoms with Crippen molar-refractivity contribution in [3.8, 4) is 0 Å². The summed E-state index contributed by atoms with van der Waals surface area (Å²) in [6.07, 6.45) is 3.66. The number of carboxylic acid groups (broad SMARTS) is 1. The second kappa shape index (κ2) is 5.60. The van der Waals surface area contributed by atoms with Crippen molar-refractivity contribution in [3.63, 3.8) is 0 Å². The summed E-state index contributed by atoms with van der Waals surface area (Å²) >= 11 is 0. The summed E-state index contributed by atoms with van der Waals surface area (Å²) in [5.41, 5.74) is -0.264. The Morgan fingerprint density at radius 2 is 1.78 bits per heavy atom. The molecule has 0 bridgehead atoms. The SMILES string of the molecule is CC(C)(CN1CCCC(C(C)(C)C)CC1)C(=O)O. The minimum absolute atomic E-state index is 0.373. The van der Waals surface area contributed by atoms with Crippen molar-refractivity contribution in [2.45, 2.75) is 53.9 Å². The van der Waals surface area contributed by atoms with Crippen LogP contribution in [0.15, 0.2) is 0 Å². The molecule has 1 fully saturated rings. The highest BCUT2D eigenvalue weighted by molar-refractivity contribution is 5.73. The third-order valence-corrected chi connectivity index (χ3v) is 4.24. The van der Waals surface area contributed by atoms with Crippen LogP contribution in [0.2, 0.25) is 0 Å². The smallest absolute Gasteiger partial charge is 0.310 e. The molecule has 0 aliphatic carbocycles. The van der Waals surface area contributed by atoms with Crippen molar-refractivity contribution < 1.29 is 9.90 Å². The number of likely N-dealkylation sites (tertiary alicyclic amines) is 1. The fraction of sp³-hybridized carbons (Fsp3) is 0.933. The van der Waals surface area contributed by atoms with E-state index in [9.17, 15) is 9.90 Å². The van der Waals surface area contributed by atoms with Gasteiger partial charge in [-0.2, -0.15) is 0 Å². The van der Waals surface area contributed by atoms with E-state index >= 15 is 0 Å². The fourth-order valence-corrected chi connectivity index (χ4v) is 2.81. The zero-order chi connectivity index (χ0) is 14.0. The van der Waals surface area contributed by atoms with E-state index in [1.165, 1.54) is 19.3 Å². The summed E-state index contributed by atoms with van der Waals surface area (Å²) in [6, 6.07) is 0. The van der Waals surface area contributed by atoms with Crippen molar-refractivity contribution in [2.24, 2.45) is 16.7 Å². The summed E-state index contributed by atoms with van der Waals surface area (Å²) in [6.45, 7) is 13.3. The average Bonchev–Trinajstić information content (AvgIpc) is 2.41. The fourth-order valence-electron chi connectivity index (χ4n) is 2.81. The van der Waals surface area contributed by atoms with Crippen LogP contribution in [0.1, 0.15) is 53.9 Å². The third-order valence-electron chi connectivity index (χ3n) is 4.24. The van der Waals surface area contributed by atoms with Crippen LogP contribution in [0, 0.1) is 16.7 Å². The Hall–Kier alpha value is -0.570. The maximum Gasteiger partial charge on any atom is 0.310 e. The van der Waals surface area contributed by atoms with E-state index in [0.717, 1.165) is 19.0 Å². The first-order valence-corrected chi connectivity index (χ1v) is 7.09. The Morgan fingerprint density at radius 1 is 1.17 bits per heavy atom. The normalized spacial score (nSPS) is 23.7. The lowest BCUT2D eigenvalue weighted by atomic mass is 9.77. The Labute approximate surface area is 112 Å². The molecule has 1 aliphatic rings. The average molecular weight is 255 g/mol. The molecule has 106 valence electrons. The van der Waals surface area contributed by atoms with Gasteiger partial charge in [-0.15, -0.1) is 0 Å². The van der Waals surface area contributed by atoms with Gasteiger partial charge >= 0.3 is 5.97 Å². The van der Waals surface area contributed by atoms with Gasteiger partial charge in [0.2, 0.25) is 0 Å². The van der Waals surface area contributed by atoms with Gasteiger partial charge in [0.1, 0.15) is 0 Å². The molecular weight excluding hydrogens is 226 g/mol. The molecule has 0 radical (unpaired) electrons. The molecule has 1 heterocycles. The highest BCUT2D eigenvalue weighted by atomic mass is 16.4. The van der Waals surface area contributed by atoms with Gasteiger partial charge in [-0.25, -0.2) is 0 Å². The van der Waals surface area contributed by atoms with Crippen molar-refractivity contribution in [1.82, 2.24) is 4.90 Å². The quantitative estimate of drug-likeness (QED) is 0.841. The Bertz CT molecular complexity index is 291. The molecule has 1 unspecified atom stereocenters. The topological polar surface area (TPSA) is 40.5 Å². The van der Waals surface area contributed by atoms with E-state index in [-0.39, 0.29) is 0 Å². The molecule has 1 atom stereocenters. The summed E-state index contributed by atoms with van der Waals surface area (Å²) in [7, 11) is 0. The monoisotopic (exact) mass is 255 g/mol. The van der Waals surface area contributed by atoms with E-state index in [4.69, 9.17) is 0 Å². The van der Waals surface area contributed by atoms with Gasteiger partial charge in [0.05, 0.1) is 5.41 Å². The second-order valence-electron chi connectivity index (χ2n) is 7.46. The molecule has 18 heavy (non-hydrogen) atoms. The van der Waals surface area contributed by atoms with Crippen LogP contribution in [-0.2, 0) is 4.79 Å². The third kappa shape index (κ3) is 4.27. The van der Waals surface area contributed by atoms with E-state index in [0.29, 0.717) is 12.0 Å². The summed E-state index contributed by atoms with van der Waals surface area (Å²) in [4.78, 5) is 13.5. The molecule has 1 saturated heterocycles. The maximum atomic E-state index is 11.2. The Morgan fingerprint density at radius 3 is 2.28 bits per heavy atom. The Balaban J connectivity index is 2.55. The van der Waals surface area contributed by atoms with Crippen molar-refractivity contribution in [2.75, 3.05) is 19.6 Å². The van der Waals surface area contributed by atoms with Crippen molar-refractivity contribution >= 4 is 5.97 Å². The molecular formula is C15H29NO2. The molecule has 1 aliphatic heterocycles. The summed E-state index contributed by atoms with van der Waals surface area (Å²) in [5, 5.41) is 9.20. The van der Waals surface area contributed by atoms with Crippen LogP contribution in [-0.4, -0.2) is 35.6 Å². The number of rotatable bonds is 3. The zero-order valence-corrected chi connectivity index (χ0v) is 12.6. The van der Waals surface area contributed by atoms with Crippen LogP contribution < -0.4 is 0 Å². The lowest BCUT2D eigenvalue weighted by molar-refractivity contribution is -0.148. The van der Waals surface area contributed by atoms with E-state index in [2.05, 4.69) is 25.7 Å². The number of carboxylic acids is 1. The first-order chi connectivity index (χ1) is 8.13. The minimum atomic E-state index is -0.695. The zero-order valence-electron chi connectivity index (χ0n) is 12.6. The van der Waals surface area contributed by atoms with Gasteiger partial charge < -0.3 is 10.0 Å². The number of aliphatic carboxylic acids is 1. The Kier molecular flexibility index (Phi) is 4.82. The van der Waals surface area contributed by atoms with Crippen LogP contribution in [0.3, 0.4) is 0 Å². The molecule has 3 heteroatoms. The van der Waals surface area contributed by atoms with Crippen LogP contribution in [0.25, 0.3) is 0 Å². The van der Waals surface area contributed by atoms with E-state index < -0.39 is 11.4 Å². The number of carbonyl (C=O) groups is 1. The summed E-state index contributed by atoms with van der Waals surface area (Å²) in [5.74, 6) is 0.0644. The standard InChI is InChI=1S/C15H29NO2/c1-14(2,3)12-7-6-9-16(10-8-12)11-15(4,5)13(17)18/h12H,6-11H2,1-5H3,(H,17,18). The molecule has 0 amide bonds. The lowest BCUT2D eigenvalue weighted by Crippen LogP contribution is -2.39. The molecule has 0 saturated carbocycles. The van der Waals surface area contributed by atoms with Gasteiger partial charge in [0, 0.05) is 6.54 Å². The number of hydrogen-bond donors (Lipinski definition) is 1. The van der Waals surface area contributed by atoms with Crippen LogP contribution in [0.5, 0.6) is 0 Å². The van der Waals surface area contributed by atoms with Gasteiger partial charge in [-0.05, 0) is 57.5 Å². The molecule has 1 rings (SSSR count). The molecule has 0 aromatic rings. The van der Waals surface area contributed by atoms with E-state index in [1.54, 1.807) is 0 Å². The lowest BCUT2D eigenvalue weighted by Gasteiger charge is -2.31. The van der Waals surface area contributed by atoms with Gasteiger partial charge in [0.15, 0.2) is 0 Å². The molecule has 0 aromatic heterocycles. The predicted molar refractivity (Wildman–Crippen MR) is 74.7 cm³/mol. The summed E-state index contributed by atoms with van der Waals surface area (Å²) < 4.78 is 0. The largest absolute Gasteiger partial charge is 0.481 e. The molecule has 3 nitrogen and oxygen atoms in total. The van der Waals surface area contributed by atoms with Crippen molar-refractivity contribution in [3.05, 3.63) is 0 Å². The molecule has 0 aromatic carbocycles. The van der Waals surface area contributed by atoms with Gasteiger partial charge in [0.25, 0.3) is 0 Å². The van der Waals surface area contributed by atoms with Crippen LogP contribution >= 0.6 is 0 Å². The minimum Gasteiger partial charge on any atom is -0.481 e. The maximum absolute atomic E-state index is 11.2. The molecule has 1 N–H and O–H groups in total. The van der Waals surface area contributed by atoms with Crippen LogP contribution in [0.4, 0.5) is 0 Å². The van der Waals surface area contributed by atoms with Crippen molar-refractivity contribution in [1.29, 1.82) is 0 Å². The highest BCUT2D eigenvalue weighted by Crippen LogP contribution is 2.34. The number of hydrogen-bond acceptors (Lipinski definition) is 2. The first kappa shape index (κ1) is 15.5. The first-order valence-electron chi connectivity index (χ1n) is 7.09. The predicted octanol–water partition coefficient (Wildman–Crippen LogP) is 3.25. The van der Waals surface area contributed by atoms with Gasteiger partial charge in [-0.1, -0.05) is 20.8 Å². The highest BCUT2D eigenvalue weighted by Gasteiger charge is 2.32. The van der Waals surface area contributed by atoms with Gasteiger partial charge in [-0.3, -0.25) is 4.79 Å².